The third-order valence-corrected chi connectivity index (χ3v) is 4.47. The zero-order valence-corrected chi connectivity index (χ0v) is 17.2. The van der Waals surface area contributed by atoms with E-state index in [0.717, 1.165) is 12.5 Å². The minimum absolute atomic E-state index is 0.00374. The van der Waals surface area contributed by atoms with Gasteiger partial charge in [-0.05, 0) is 39.2 Å². The molecule has 2 rings (SSSR count). The average Bonchev–Trinajstić information content (AvgIpc) is 2.54. The number of carbonyl (C=O) groups excluding carboxylic acids is 1. The van der Waals surface area contributed by atoms with Crippen LogP contribution in [0.3, 0.4) is 0 Å². The zero-order chi connectivity index (χ0) is 20.4. The molecule has 0 radical (unpaired) electrons. The quantitative estimate of drug-likeness (QED) is 0.715. The summed E-state index contributed by atoms with van der Waals surface area (Å²) in [7, 11) is 0. The molecule has 8 heteroatoms. The SMILES string of the molecule is CC(C)C[C@@H]1CN(c2nc(Cl)c(C#N)cc2F)CCN1C(=O)OC(C)(C)C. The van der Waals surface area contributed by atoms with Crippen LogP contribution in [0.2, 0.25) is 5.15 Å². The van der Waals surface area contributed by atoms with E-state index in [4.69, 9.17) is 21.6 Å². The highest BCUT2D eigenvalue weighted by Gasteiger charge is 2.35. The molecule has 1 saturated heterocycles. The number of rotatable bonds is 3. The second-order valence-electron chi connectivity index (χ2n) is 8.15. The molecule has 1 aromatic rings. The molecule has 0 aliphatic carbocycles. The number of nitriles is 1. The van der Waals surface area contributed by atoms with E-state index in [1.807, 2.05) is 26.8 Å². The number of amides is 1. The minimum Gasteiger partial charge on any atom is -0.444 e. The van der Waals surface area contributed by atoms with Gasteiger partial charge < -0.3 is 14.5 Å². The van der Waals surface area contributed by atoms with Crippen molar-refractivity contribution in [3.8, 4) is 6.07 Å². The lowest BCUT2D eigenvalue weighted by molar-refractivity contribution is 0.0119. The van der Waals surface area contributed by atoms with E-state index in [1.165, 1.54) is 0 Å². The van der Waals surface area contributed by atoms with Crippen LogP contribution >= 0.6 is 11.6 Å². The smallest absolute Gasteiger partial charge is 0.410 e. The van der Waals surface area contributed by atoms with Gasteiger partial charge in [0.25, 0.3) is 0 Å². The lowest BCUT2D eigenvalue weighted by Crippen LogP contribution is -2.57. The third-order valence-electron chi connectivity index (χ3n) is 4.19. The number of aromatic nitrogens is 1. The Hall–Kier alpha value is -2.07. The van der Waals surface area contributed by atoms with Crippen molar-refractivity contribution < 1.29 is 13.9 Å². The maximum atomic E-state index is 14.5. The maximum Gasteiger partial charge on any atom is 0.410 e. The number of piperazine rings is 1. The number of carbonyl (C=O) groups is 1. The van der Waals surface area contributed by atoms with Crippen LogP contribution in [0.4, 0.5) is 15.0 Å². The van der Waals surface area contributed by atoms with E-state index in [2.05, 4.69) is 18.8 Å². The van der Waals surface area contributed by atoms with Gasteiger partial charge >= 0.3 is 6.09 Å². The van der Waals surface area contributed by atoms with Crippen molar-refractivity contribution in [2.24, 2.45) is 5.92 Å². The molecule has 0 unspecified atom stereocenters. The molecule has 0 spiro atoms. The topological polar surface area (TPSA) is 69.5 Å². The molecule has 1 amide bonds. The second-order valence-corrected chi connectivity index (χ2v) is 8.51. The van der Waals surface area contributed by atoms with E-state index < -0.39 is 11.4 Å². The largest absolute Gasteiger partial charge is 0.444 e. The predicted molar refractivity (Wildman–Crippen MR) is 102 cm³/mol. The number of pyridine rings is 1. The van der Waals surface area contributed by atoms with Gasteiger partial charge in [0, 0.05) is 19.6 Å². The first-order valence-corrected chi connectivity index (χ1v) is 9.40. The Balaban J connectivity index is 2.24. The van der Waals surface area contributed by atoms with Crippen molar-refractivity contribution in [2.45, 2.75) is 52.7 Å². The molecule has 1 fully saturated rings. The van der Waals surface area contributed by atoms with Crippen LogP contribution in [-0.2, 0) is 4.74 Å². The van der Waals surface area contributed by atoms with E-state index in [9.17, 15) is 9.18 Å². The van der Waals surface area contributed by atoms with Crippen molar-refractivity contribution in [1.82, 2.24) is 9.88 Å². The summed E-state index contributed by atoms with van der Waals surface area (Å²) >= 11 is 5.98. The van der Waals surface area contributed by atoms with Crippen molar-refractivity contribution in [3.05, 3.63) is 22.6 Å². The molecule has 148 valence electrons. The van der Waals surface area contributed by atoms with Gasteiger partial charge in [-0.2, -0.15) is 5.26 Å². The molecular formula is C19H26ClFN4O2. The Morgan fingerprint density at radius 1 is 1.48 bits per heavy atom. The molecule has 1 aliphatic rings. The Bertz CT molecular complexity index is 742. The summed E-state index contributed by atoms with van der Waals surface area (Å²) in [6.45, 7) is 10.9. The highest BCUT2D eigenvalue weighted by atomic mass is 35.5. The first-order valence-electron chi connectivity index (χ1n) is 9.02. The van der Waals surface area contributed by atoms with Crippen LogP contribution in [0.5, 0.6) is 0 Å². The van der Waals surface area contributed by atoms with Crippen LogP contribution in [0.1, 0.15) is 46.6 Å². The third kappa shape index (κ3) is 5.46. The van der Waals surface area contributed by atoms with Crippen LogP contribution in [-0.4, -0.2) is 47.3 Å². The molecule has 0 bridgehead atoms. The lowest BCUT2D eigenvalue weighted by Gasteiger charge is -2.42. The minimum atomic E-state index is -0.593. The fraction of sp³-hybridized carbons (Fsp3) is 0.632. The molecule has 1 aliphatic heterocycles. The highest BCUT2D eigenvalue weighted by molar-refractivity contribution is 6.30. The number of ether oxygens (including phenoxy) is 1. The second kappa shape index (κ2) is 8.30. The van der Waals surface area contributed by atoms with Crippen LogP contribution in [0.25, 0.3) is 0 Å². The van der Waals surface area contributed by atoms with E-state index in [0.29, 0.717) is 25.6 Å². The van der Waals surface area contributed by atoms with Crippen molar-refractivity contribution in [3.63, 3.8) is 0 Å². The number of nitrogens with zero attached hydrogens (tertiary/aromatic N) is 4. The van der Waals surface area contributed by atoms with Gasteiger partial charge in [0.05, 0.1) is 11.6 Å². The standard InChI is InChI=1S/C19H26ClFN4O2/c1-12(2)8-14-11-24(6-7-25(14)18(26)27-19(3,4)5)17-15(21)9-13(10-22)16(20)23-17/h9,12,14H,6-8,11H2,1-5H3/t14-/m1/s1. The van der Waals surface area contributed by atoms with Gasteiger partial charge in [-0.25, -0.2) is 14.2 Å². The number of hydrogen-bond acceptors (Lipinski definition) is 5. The van der Waals surface area contributed by atoms with Crippen LogP contribution in [0, 0.1) is 23.1 Å². The summed E-state index contributed by atoms with van der Waals surface area (Å²) in [6.07, 6.45) is 0.389. The molecule has 6 nitrogen and oxygen atoms in total. The molecule has 27 heavy (non-hydrogen) atoms. The number of hydrogen-bond donors (Lipinski definition) is 0. The first kappa shape index (κ1) is 21.2. The molecule has 0 aromatic carbocycles. The molecule has 0 saturated carbocycles. The van der Waals surface area contributed by atoms with E-state index in [1.54, 1.807) is 9.80 Å². The summed E-state index contributed by atoms with van der Waals surface area (Å²) in [5.41, 5.74) is -0.575. The predicted octanol–water partition coefficient (Wildman–Crippen LogP) is 4.22. The summed E-state index contributed by atoms with van der Waals surface area (Å²) < 4.78 is 20.0. The van der Waals surface area contributed by atoms with Crippen LogP contribution in [0.15, 0.2) is 6.07 Å². The van der Waals surface area contributed by atoms with E-state index in [-0.39, 0.29) is 28.7 Å². The van der Waals surface area contributed by atoms with Gasteiger partial charge in [0.1, 0.15) is 16.8 Å². The molecular weight excluding hydrogens is 371 g/mol. The Morgan fingerprint density at radius 2 is 2.15 bits per heavy atom. The van der Waals surface area contributed by atoms with Crippen molar-refractivity contribution >= 4 is 23.5 Å². The van der Waals surface area contributed by atoms with Gasteiger partial charge in [-0.1, -0.05) is 25.4 Å². The van der Waals surface area contributed by atoms with Gasteiger partial charge in [-0.3, -0.25) is 0 Å². The number of anilines is 1. The monoisotopic (exact) mass is 396 g/mol. The van der Waals surface area contributed by atoms with Crippen molar-refractivity contribution in [1.29, 1.82) is 5.26 Å². The Labute approximate surface area is 164 Å². The fourth-order valence-corrected chi connectivity index (χ4v) is 3.29. The average molecular weight is 397 g/mol. The van der Waals surface area contributed by atoms with Gasteiger partial charge in [0.15, 0.2) is 11.6 Å². The summed E-state index contributed by atoms with van der Waals surface area (Å²) in [6, 6.07) is 2.79. The fourth-order valence-electron chi connectivity index (χ4n) is 3.11. The number of halogens is 2. The molecule has 1 aromatic heterocycles. The van der Waals surface area contributed by atoms with Gasteiger partial charge in [-0.15, -0.1) is 0 Å². The molecule has 0 N–H and O–H groups in total. The highest BCUT2D eigenvalue weighted by Crippen LogP contribution is 2.27. The first-order chi connectivity index (χ1) is 12.5. The summed E-state index contributed by atoms with van der Waals surface area (Å²) in [5, 5.41) is 8.94. The Kier molecular flexibility index (Phi) is 6.53. The normalized spacial score (nSPS) is 17.8. The lowest BCUT2D eigenvalue weighted by atomic mass is 10.00. The molecule has 2 heterocycles. The maximum absolute atomic E-state index is 14.5. The zero-order valence-electron chi connectivity index (χ0n) is 16.4. The summed E-state index contributed by atoms with van der Waals surface area (Å²) in [5.74, 6) is -0.135. The van der Waals surface area contributed by atoms with Gasteiger partial charge in [0.2, 0.25) is 0 Å². The Morgan fingerprint density at radius 3 is 2.70 bits per heavy atom. The van der Waals surface area contributed by atoms with Crippen molar-refractivity contribution in [2.75, 3.05) is 24.5 Å². The molecule has 1 atom stereocenters. The van der Waals surface area contributed by atoms with Crippen LogP contribution < -0.4 is 4.90 Å². The summed E-state index contributed by atoms with van der Waals surface area (Å²) in [4.78, 5) is 20.1. The van der Waals surface area contributed by atoms with E-state index >= 15 is 0 Å².